The van der Waals surface area contributed by atoms with Crippen molar-refractivity contribution in [2.75, 3.05) is 6.54 Å². The van der Waals surface area contributed by atoms with Gasteiger partial charge < -0.3 is 5.32 Å². The molecule has 1 fully saturated rings. The monoisotopic (exact) mass is 209 g/mol. The van der Waals surface area contributed by atoms with E-state index in [0.29, 0.717) is 6.04 Å². The van der Waals surface area contributed by atoms with Crippen LogP contribution >= 0.6 is 0 Å². The van der Waals surface area contributed by atoms with E-state index >= 15 is 0 Å². The molecule has 0 aromatic carbocycles. The molecule has 0 aromatic rings. The van der Waals surface area contributed by atoms with Crippen LogP contribution in [-0.4, -0.2) is 12.6 Å². The molecule has 1 rings (SSSR count). The Labute approximate surface area is 95.3 Å². The van der Waals surface area contributed by atoms with Gasteiger partial charge in [-0.3, -0.25) is 0 Å². The van der Waals surface area contributed by atoms with Crippen LogP contribution in [0.2, 0.25) is 0 Å². The van der Waals surface area contributed by atoms with Crippen LogP contribution in [-0.2, 0) is 0 Å². The average Bonchev–Trinajstić information content (AvgIpc) is 2.66. The highest BCUT2D eigenvalue weighted by molar-refractivity contribution is 5.01. The van der Waals surface area contributed by atoms with Gasteiger partial charge >= 0.3 is 0 Å². The molecule has 1 N–H and O–H groups in total. The van der Waals surface area contributed by atoms with E-state index in [0.717, 1.165) is 12.5 Å². The molecule has 1 saturated carbocycles. The van der Waals surface area contributed by atoms with Crippen LogP contribution in [0.4, 0.5) is 0 Å². The van der Waals surface area contributed by atoms with Crippen molar-refractivity contribution in [3.05, 3.63) is 11.6 Å². The van der Waals surface area contributed by atoms with Gasteiger partial charge in [0.2, 0.25) is 0 Å². The van der Waals surface area contributed by atoms with Crippen molar-refractivity contribution in [1.82, 2.24) is 5.32 Å². The Kier molecular flexibility index (Phi) is 6.00. The lowest BCUT2D eigenvalue weighted by Crippen LogP contribution is -2.30. The van der Waals surface area contributed by atoms with E-state index in [4.69, 9.17) is 0 Å². The van der Waals surface area contributed by atoms with Gasteiger partial charge in [0.1, 0.15) is 0 Å². The summed E-state index contributed by atoms with van der Waals surface area (Å²) in [6, 6.07) is 0.623. The lowest BCUT2D eigenvalue weighted by molar-refractivity contribution is 0.428. The van der Waals surface area contributed by atoms with Crippen molar-refractivity contribution >= 4 is 0 Å². The maximum Gasteiger partial charge on any atom is 0.0255 e. The minimum atomic E-state index is 0.623. The van der Waals surface area contributed by atoms with Gasteiger partial charge in [-0.1, -0.05) is 44.3 Å². The van der Waals surface area contributed by atoms with Gasteiger partial charge in [0.05, 0.1) is 0 Å². The highest BCUT2D eigenvalue weighted by Gasteiger charge is 2.18. The lowest BCUT2D eigenvalue weighted by atomic mass is 9.97. The Balaban J connectivity index is 2.36. The zero-order chi connectivity index (χ0) is 11.1. The molecule has 0 radical (unpaired) electrons. The Morgan fingerprint density at radius 1 is 1.33 bits per heavy atom. The van der Waals surface area contributed by atoms with E-state index in [1.807, 2.05) is 0 Å². The maximum absolute atomic E-state index is 3.65. The number of allylic oxidation sites excluding steroid dienone is 1. The van der Waals surface area contributed by atoms with Gasteiger partial charge in [0.15, 0.2) is 0 Å². The number of rotatable bonds is 6. The second-order valence-electron chi connectivity index (χ2n) is 5.19. The zero-order valence-electron chi connectivity index (χ0n) is 10.7. The zero-order valence-corrected chi connectivity index (χ0v) is 10.7. The van der Waals surface area contributed by atoms with E-state index in [2.05, 4.69) is 32.2 Å². The van der Waals surface area contributed by atoms with Crippen LogP contribution in [0.15, 0.2) is 11.6 Å². The third-order valence-corrected chi connectivity index (χ3v) is 3.25. The second kappa shape index (κ2) is 7.05. The number of hydrogen-bond acceptors (Lipinski definition) is 1. The molecule has 1 nitrogen and oxygen atoms in total. The first-order chi connectivity index (χ1) is 7.22. The summed E-state index contributed by atoms with van der Waals surface area (Å²) in [5, 5.41) is 3.65. The van der Waals surface area contributed by atoms with Crippen LogP contribution < -0.4 is 5.32 Å². The van der Waals surface area contributed by atoms with Gasteiger partial charge in [-0.2, -0.15) is 0 Å². The number of hydrogen-bond donors (Lipinski definition) is 1. The Morgan fingerprint density at radius 2 is 2.00 bits per heavy atom. The topological polar surface area (TPSA) is 12.0 Å². The van der Waals surface area contributed by atoms with E-state index in [9.17, 15) is 0 Å². The van der Waals surface area contributed by atoms with Crippen LogP contribution in [0.5, 0.6) is 0 Å². The molecular weight excluding hydrogens is 182 g/mol. The smallest absolute Gasteiger partial charge is 0.0255 e. The Bertz CT molecular complexity index is 186. The summed E-state index contributed by atoms with van der Waals surface area (Å²) in [5.74, 6) is 0.981. The van der Waals surface area contributed by atoms with Crippen LogP contribution in [0.1, 0.15) is 59.3 Å². The lowest BCUT2D eigenvalue weighted by Gasteiger charge is -2.19. The summed E-state index contributed by atoms with van der Waals surface area (Å²) >= 11 is 0. The molecule has 1 atom stereocenters. The van der Waals surface area contributed by atoms with E-state index < -0.39 is 0 Å². The van der Waals surface area contributed by atoms with Crippen LogP contribution in [0, 0.1) is 5.92 Å². The second-order valence-corrected chi connectivity index (χ2v) is 5.19. The van der Waals surface area contributed by atoms with Crippen molar-refractivity contribution in [1.29, 1.82) is 0 Å². The van der Waals surface area contributed by atoms with Gasteiger partial charge in [-0.15, -0.1) is 0 Å². The highest BCUT2D eigenvalue weighted by atomic mass is 14.9. The van der Waals surface area contributed by atoms with Crippen molar-refractivity contribution in [3.63, 3.8) is 0 Å². The fourth-order valence-corrected chi connectivity index (χ4v) is 2.55. The van der Waals surface area contributed by atoms with E-state index in [-0.39, 0.29) is 0 Å². The van der Waals surface area contributed by atoms with Gasteiger partial charge in [0, 0.05) is 6.04 Å². The molecule has 88 valence electrons. The normalized spacial score (nSPS) is 19.1. The summed E-state index contributed by atoms with van der Waals surface area (Å²) < 4.78 is 0. The van der Waals surface area contributed by atoms with E-state index in [1.165, 1.54) is 44.1 Å². The summed E-state index contributed by atoms with van der Waals surface area (Å²) in [6.45, 7) is 7.80. The fourth-order valence-electron chi connectivity index (χ4n) is 2.55. The largest absolute Gasteiger partial charge is 0.311 e. The summed E-state index contributed by atoms with van der Waals surface area (Å²) in [4.78, 5) is 0. The Morgan fingerprint density at radius 3 is 2.53 bits per heavy atom. The molecule has 1 heteroatoms. The SMILES string of the molecule is CCCNC(C=C(C)C)CC1CCCC1. The molecule has 0 aliphatic heterocycles. The molecule has 0 amide bonds. The van der Waals surface area contributed by atoms with Crippen LogP contribution in [0.25, 0.3) is 0 Å². The highest BCUT2D eigenvalue weighted by Crippen LogP contribution is 2.28. The number of nitrogens with one attached hydrogen (secondary N) is 1. The summed E-state index contributed by atoms with van der Waals surface area (Å²) in [5.41, 5.74) is 1.45. The first-order valence-corrected chi connectivity index (χ1v) is 6.60. The van der Waals surface area contributed by atoms with Gasteiger partial charge in [-0.25, -0.2) is 0 Å². The average molecular weight is 209 g/mol. The molecule has 1 aliphatic rings. The quantitative estimate of drug-likeness (QED) is 0.654. The molecule has 0 spiro atoms. The molecule has 1 aliphatic carbocycles. The molecule has 1 unspecified atom stereocenters. The predicted molar refractivity (Wildman–Crippen MR) is 68.1 cm³/mol. The fraction of sp³-hybridized carbons (Fsp3) is 0.857. The first kappa shape index (κ1) is 12.8. The minimum absolute atomic E-state index is 0.623. The molecule has 0 saturated heterocycles. The van der Waals surface area contributed by atoms with Crippen molar-refractivity contribution in [2.24, 2.45) is 5.92 Å². The third kappa shape index (κ3) is 5.36. The Hall–Kier alpha value is -0.300. The molecular formula is C14H27N. The summed E-state index contributed by atoms with van der Waals surface area (Å²) in [7, 11) is 0. The molecule has 0 heterocycles. The molecule has 0 bridgehead atoms. The third-order valence-electron chi connectivity index (χ3n) is 3.25. The van der Waals surface area contributed by atoms with Crippen molar-refractivity contribution in [3.8, 4) is 0 Å². The van der Waals surface area contributed by atoms with Crippen LogP contribution in [0.3, 0.4) is 0 Å². The predicted octanol–water partition coefficient (Wildman–Crippen LogP) is 3.90. The van der Waals surface area contributed by atoms with Gasteiger partial charge in [-0.05, 0) is 39.2 Å². The molecule has 0 aromatic heterocycles. The standard InChI is InChI=1S/C14H27N/c1-4-9-15-14(10-12(2)3)11-13-7-5-6-8-13/h10,13-15H,4-9,11H2,1-3H3. The van der Waals surface area contributed by atoms with E-state index in [1.54, 1.807) is 0 Å². The molecule has 15 heavy (non-hydrogen) atoms. The van der Waals surface area contributed by atoms with Crippen molar-refractivity contribution in [2.45, 2.75) is 65.3 Å². The maximum atomic E-state index is 3.65. The minimum Gasteiger partial charge on any atom is -0.311 e. The van der Waals surface area contributed by atoms with Gasteiger partial charge in [0.25, 0.3) is 0 Å². The summed E-state index contributed by atoms with van der Waals surface area (Å²) in [6.07, 6.45) is 10.8. The van der Waals surface area contributed by atoms with Crippen molar-refractivity contribution < 1.29 is 0 Å². The first-order valence-electron chi connectivity index (χ1n) is 6.60.